The molecule has 6 nitrogen and oxygen atoms in total. The van der Waals surface area contributed by atoms with Gasteiger partial charge in [-0.25, -0.2) is 9.07 Å². The maximum Gasteiger partial charge on any atom is 0.272 e. The van der Waals surface area contributed by atoms with E-state index in [0.29, 0.717) is 5.69 Å². The van der Waals surface area contributed by atoms with Crippen molar-refractivity contribution in [3.63, 3.8) is 0 Å². The minimum atomic E-state index is -1.17. The van der Waals surface area contributed by atoms with Gasteiger partial charge in [0.2, 0.25) is 5.91 Å². The van der Waals surface area contributed by atoms with Gasteiger partial charge in [-0.15, -0.1) is 0 Å². The number of nitrogens with two attached hydrogens (primary N) is 1. The van der Waals surface area contributed by atoms with Crippen LogP contribution in [0.15, 0.2) is 36.5 Å². The summed E-state index contributed by atoms with van der Waals surface area (Å²) in [6.45, 7) is 3.01. The molecule has 0 aliphatic rings. The van der Waals surface area contributed by atoms with Gasteiger partial charge in [-0.05, 0) is 44.2 Å². The number of nitrogens with zero attached hydrogens (tertiary/aromatic N) is 2. The normalized spacial score (nSPS) is 11.2. The Morgan fingerprint density at radius 1 is 1.24 bits per heavy atom. The molecule has 2 aromatic rings. The Hall–Kier alpha value is -2.70. The topological polar surface area (TPSA) is 90.0 Å². The lowest BCUT2D eigenvalue weighted by molar-refractivity contribution is -0.122. The fraction of sp³-hybridized carbons (Fsp3) is 0.214. The first-order valence-corrected chi connectivity index (χ1v) is 6.23. The van der Waals surface area contributed by atoms with Crippen molar-refractivity contribution in [1.29, 1.82) is 0 Å². The highest BCUT2D eigenvalue weighted by Gasteiger charge is 2.28. The molecule has 2 amide bonds. The second kappa shape index (κ2) is 5.35. The molecular weight excluding hydrogens is 275 g/mol. The molecule has 1 aromatic carbocycles. The molecule has 7 heteroatoms. The molecule has 0 fully saturated rings. The number of halogens is 1. The summed E-state index contributed by atoms with van der Waals surface area (Å²) in [5, 5.41) is 6.58. The number of hydrogen-bond donors (Lipinski definition) is 2. The first-order valence-electron chi connectivity index (χ1n) is 6.23. The highest BCUT2D eigenvalue weighted by atomic mass is 19.1. The average Bonchev–Trinajstić information content (AvgIpc) is 2.88. The number of carbonyl (C=O) groups excluding carboxylic acids is 2. The number of hydrogen-bond acceptors (Lipinski definition) is 3. The van der Waals surface area contributed by atoms with E-state index >= 15 is 0 Å². The van der Waals surface area contributed by atoms with Gasteiger partial charge in [0.1, 0.15) is 11.4 Å². The van der Waals surface area contributed by atoms with E-state index in [1.807, 2.05) is 0 Å². The summed E-state index contributed by atoms with van der Waals surface area (Å²) in [7, 11) is 0. The Balaban J connectivity index is 2.18. The minimum absolute atomic E-state index is 0.133. The Morgan fingerprint density at radius 2 is 1.86 bits per heavy atom. The molecule has 2 rings (SSSR count). The fourth-order valence-corrected chi connectivity index (χ4v) is 1.59. The van der Waals surface area contributed by atoms with Crippen molar-refractivity contribution >= 4 is 11.8 Å². The number of nitrogens with one attached hydrogen (secondary N) is 1. The van der Waals surface area contributed by atoms with E-state index in [9.17, 15) is 14.0 Å². The Bertz CT molecular complexity index is 677. The Morgan fingerprint density at radius 3 is 2.43 bits per heavy atom. The summed E-state index contributed by atoms with van der Waals surface area (Å²) < 4.78 is 14.3. The second-order valence-corrected chi connectivity index (χ2v) is 5.07. The zero-order valence-electron chi connectivity index (χ0n) is 11.6. The summed E-state index contributed by atoms with van der Waals surface area (Å²) in [6, 6.07) is 7.17. The fourth-order valence-electron chi connectivity index (χ4n) is 1.59. The van der Waals surface area contributed by atoms with Crippen LogP contribution in [0.4, 0.5) is 4.39 Å². The van der Waals surface area contributed by atoms with Crippen LogP contribution in [-0.4, -0.2) is 27.1 Å². The van der Waals surface area contributed by atoms with Gasteiger partial charge in [-0.3, -0.25) is 9.59 Å². The van der Waals surface area contributed by atoms with E-state index < -0.39 is 17.4 Å². The van der Waals surface area contributed by atoms with E-state index in [4.69, 9.17) is 5.73 Å². The number of carbonyl (C=O) groups is 2. The van der Waals surface area contributed by atoms with Crippen molar-refractivity contribution in [3.05, 3.63) is 48.0 Å². The third-order valence-electron chi connectivity index (χ3n) is 2.95. The summed E-state index contributed by atoms with van der Waals surface area (Å²) >= 11 is 0. The largest absolute Gasteiger partial charge is 0.368 e. The molecule has 110 valence electrons. The van der Waals surface area contributed by atoms with E-state index in [-0.39, 0.29) is 11.5 Å². The highest BCUT2D eigenvalue weighted by molar-refractivity contribution is 5.97. The van der Waals surface area contributed by atoms with Crippen LogP contribution in [0.25, 0.3) is 5.69 Å². The van der Waals surface area contributed by atoms with Crippen LogP contribution in [-0.2, 0) is 4.79 Å². The van der Waals surface area contributed by atoms with Gasteiger partial charge in [-0.2, -0.15) is 5.10 Å². The zero-order valence-corrected chi connectivity index (χ0v) is 11.6. The molecule has 0 aliphatic heterocycles. The lowest BCUT2D eigenvalue weighted by Gasteiger charge is -2.21. The molecule has 0 saturated carbocycles. The number of aromatic nitrogens is 2. The zero-order chi connectivity index (χ0) is 15.6. The van der Waals surface area contributed by atoms with Gasteiger partial charge in [0.25, 0.3) is 5.91 Å². The first-order chi connectivity index (χ1) is 9.79. The van der Waals surface area contributed by atoms with Crippen molar-refractivity contribution < 1.29 is 14.0 Å². The van der Waals surface area contributed by atoms with Gasteiger partial charge >= 0.3 is 0 Å². The first kappa shape index (κ1) is 14.7. The van der Waals surface area contributed by atoms with Gasteiger partial charge in [-0.1, -0.05) is 0 Å². The number of primary amides is 1. The number of amides is 2. The molecule has 0 saturated heterocycles. The van der Waals surface area contributed by atoms with E-state index in [0.717, 1.165) is 0 Å². The Kier molecular flexibility index (Phi) is 3.75. The quantitative estimate of drug-likeness (QED) is 0.880. The van der Waals surface area contributed by atoms with Crippen molar-refractivity contribution in [3.8, 4) is 5.69 Å². The van der Waals surface area contributed by atoms with Crippen LogP contribution in [0.2, 0.25) is 0 Å². The smallest absolute Gasteiger partial charge is 0.272 e. The van der Waals surface area contributed by atoms with Crippen LogP contribution in [0.3, 0.4) is 0 Å². The predicted molar refractivity (Wildman–Crippen MR) is 74.3 cm³/mol. The van der Waals surface area contributed by atoms with E-state index in [1.165, 1.54) is 48.9 Å². The van der Waals surface area contributed by atoms with Crippen molar-refractivity contribution in [1.82, 2.24) is 15.1 Å². The maximum absolute atomic E-state index is 12.9. The lowest BCUT2D eigenvalue weighted by Crippen LogP contribution is -2.53. The van der Waals surface area contributed by atoms with Gasteiger partial charge < -0.3 is 11.1 Å². The van der Waals surface area contributed by atoms with Gasteiger partial charge in [0, 0.05) is 6.20 Å². The third kappa shape index (κ3) is 3.25. The molecule has 0 spiro atoms. The molecule has 3 N–H and O–H groups in total. The third-order valence-corrected chi connectivity index (χ3v) is 2.95. The molecule has 0 radical (unpaired) electrons. The van der Waals surface area contributed by atoms with E-state index in [2.05, 4.69) is 10.4 Å². The lowest BCUT2D eigenvalue weighted by atomic mass is 10.1. The molecule has 0 bridgehead atoms. The standard InChI is InChI=1S/C14H15FN4O2/c1-14(2,13(16)21)17-12(20)11-7-8-19(18-11)10-5-3-9(15)4-6-10/h3-8H,1-2H3,(H2,16,21)(H,17,20). The molecule has 0 atom stereocenters. The molecule has 0 aliphatic carbocycles. The molecule has 0 unspecified atom stereocenters. The molecule has 1 aromatic heterocycles. The van der Waals surface area contributed by atoms with Gasteiger partial charge in [0.15, 0.2) is 5.69 Å². The number of rotatable bonds is 4. The average molecular weight is 290 g/mol. The number of benzene rings is 1. The van der Waals surface area contributed by atoms with Crippen LogP contribution >= 0.6 is 0 Å². The van der Waals surface area contributed by atoms with Crippen molar-refractivity contribution in [2.24, 2.45) is 5.73 Å². The summed E-state index contributed by atoms with van der Waals surface area (Å²) in [5.41, 5.74) is 4.77. The predicted octanol–water partition coefficient (Wildman–Crippen LogP) is 1.01. The molecular formula is C14H15FN4O2. The van der Waals surface area contributed by atoms with Crippen LogP contribution in [0, 0.1) is 5.82 Å². The second-order valence-electron chi connectivity index (χ2n) is 5.07. The maximum atomic E-state index is 12.9. The summed E-state index contributed by atoms with van der Waals surface area (Å²) in [6.07, 6.45) is 1.57. The molecule has 1 heterocycles. The van der Waals surface area contributed by atoms with Crippen LogP contribution < -0.4 is 11.1 Å². The Labute approximate surface area is 120 Å². The van der Waals surface area contributed by atoms with E-state index in [1.54, 1.807) is 6.20 Å². The SMILES string of the molecule is CC(C)(NC(=O)c1ccn(-c2ccc(F)cc2)n1)C(N)=O. The van der Waals surface area contributed by atoms with Crippen LogP contribution in [0.1, 0.15) is 24.3 Å². The monoisotopic (exact) mass is 290 g/mol. The minimum Gasteiger partial charge on any atom is -0.368 e. The van der Waals surface area contributed by atoms with Crippen LogP contribution in [0.5, 0.6) is 0 Å². The van der Waals surface area contributed by atoms with Crippen molar-refractivity contribution in [2.75, 3.05) is 0 Å². The molecule has 21 heavy (non-hydrogen) atoms. The summed E-state index contributed by atoms with van der Waals surface area (Å²) in [4.78, 5) is 23.2. The summed E-state index contributed by atoms with van der Waals surface area (Å²) in [5.74, 6) is -1.51. The van der Waals surface area contributed by atoms with Crippen molar-refractivity contribution in [2.45, 2.75) is 19.4 Å². The highest BCUT2D eigenvalue weighted by Crippen LogP contribution is 2.10. The van der Waals surface area contributed by atoms with Gasteiger partial charge in [0.05, 0.1) is 5.69 Å².